The molecule has 0 saturated carbocycles. The lowest BCUT2D eigenvalue weighted by molar-refractivity contribution is -0.386. The van der Waals surface area contributed by atoms with Gasteiger partial charge < -0.3 is 24.1 Å². The van der Waals surface area contributed by atoms with Gasteiger partial charge in [-0.05, 0) is 104 Å². The van der Waals surface area contributed by atoms with Crippen LogP contribution in [0.15, 0.2) is 89.6 Å². The zero-order valence-corrected chi connectivity index (χ0v) is 39.1. The summed E-state index contributed by atoms with van der Waals surface area (Å²) in [7, 11) is -4.63. The summed E-state index contributed by atoms with van der Waals surface area (Å²) in [6, 6.07) is 19.2. The molecule has 3 aliphatic heterocycles. The van der Waals surface area contributed by atoms with E-state index in [1.165, 1.54) is 29.0 Å². The van der Waals surface area contributed by atoms with Crippen LogP contribution in [0.4, 0.5) is 11.4 Å². The minimum Gasteiger partial charge on any atom is -0.493 e. The van der Waals surface area contributed by atoms with Crippen LogP contribution in [0.2, 0.25) is 5.02 Å². The molecule has 1 aliphatic carbocycles. The van der Waals surface area contributed by atoms with Crippen LogP contribution < -0.4 is 19.1 Å². The number of aromatic amines is 1. The normalized spacial score (nSPS) is 20.5. The number of halogens is 1. The molecule has 3 aromatic carbocycles. The lowest BCUT2D eigenvalue weighted by Gasteiger charge is -2.39. The van der Waals surface area contributed by atoms with Crippen molar-refractivity contribution in [1.82, 2.24) is 24.5 Å². The number of H-pyrrole nitrogens is 1. The highest BCUT2D eigenvalue weighted by Crippen LogP contribution is 2.44. The van der Waals surface area contributed by atoms with Gasteiger partial charge in [0.1, 0.15) is 22.9 Å². The van der Waals surface area contributed by atoms with Crippen molar-refractivity contribution in [2.75, 3.05) is 70.5 Å². The lowest BCUT2D eigenvalue weighted by Crippen LogP contribution is -2.47. The number of morpholine rings is 1. The minimum absolute atomic E-state index is 0.0101. The molecule has 0 radical (unpaired) electrons. The van der Waals surface area contributed by atoms with Crippen molar-refractivity contribution in [3.63, 3.8) is 0 Å². The number of hydrogen-bond donors (Lipinski definition) is 2. The van der Waals surface area contributed by atoms with Gasteiger partial charge >= 0.3 is 0 Å². The van der Waals surface area contributed by atoms with Crippen LogP contribution in [0.3, 0.4) is 0 Å². The minimum atomic E-state index is -4.63. The Labute approximate surface area is 390 Å². The molecule has 0 spiro atoms. The highest BCUT2D eigenvalue weighted by Gasteiger charge is 2.34. The van der Waals surface area contributed by atoms with E-state index in [4.69, 9.17) is 25.8 Å². The molecular formula is C49H56ClN7O8S. The van der Waals surface area contributed by atoms with Gasteiger partial charge in [-0.25, -0.2) is 18.1 Å². The van der Waals surface area contributed by atoms with Gasteiger partial charge in [-0.15, -0.1) is 0 Å². The number of ether oxygens (including phenoxy) is 3. The summed E-state index contributed by atoms with van der Waals surface area (Å²) < 4.78 is 48.1. The average molecular weight is 939 g/mol. The number of carbonyl (C=O) groups is 1. The van der Waals surface area contributed by atoms with E-state index in [-0.39, 0.29) is 46.8 Å². The van der Waals surface area contributed by atoms with E-state index < -0.39 is 25.7 Å². The van der Waals surface area contributed by atoms with Crippen LogP contribution in [0.1, 0.15) is 67.9 Å². The molecule has 5 heterocycles. The fraction of sp³-hybridized carbons (Fsp3) is 0.429. The molecule has 2 N–H and O–H groups in total. The van der Waals surface area contributed by atoms with E-state index in [2.05, 4.69) is 55.4 Å². The van der Waals surface area contributed by atoms with Gasteiger partial charge in [-0.2, -0.15) is 0 Å². The van der Waals surface area contributed by atoms with Crippen molar-refractivity contribution in [2.45, 2.75) is 63.9 Å². The molecule has 17 heteroatoms. The Hall–Kier alpha value is -5.52. The van der Waals surface area contributed by atoms with E-state index in [0.29, 0.717) is 30.0 Å². The fourth-order valence-electron chi connectivity index (χ4n) is 9.67. The number of fused-ring (bicyclic) bond motifs is 2. The number of nitro groups is 1. The van der Waals surface area contributed by atoms with Crippen molar-refractivity contribution in [3.8, 4) is 17.2 Å². The topological polar surface area (TPSA) is 172 Å². The Morgan fingerprint density at radius 1 is 1.05 bits per heavy atom. The Kier molecular flexibility index (Phi) is 13.1. The number of carbonyl (C=O) groups excluding carboxylic acids is 1. The number of sulfonamides is 1. The number of aromatic nitrogens is 2. The quantitative estimate of drug-likeness (QED) is 0.0854. The maximum absolute atomic E-state index is 14.1. The van der Waals surface area contributed by atoms with Gasteiger partial charge in [0, 0.05) is 86.3 Å². The second-order valence-corrected chi connectivity index (χ2v) is 20.9. The van der Waals surface area contributed by atoms with Crippen LogP contribution in [0, 0.1) is 21.4 Å². The van der Waals surface area contributed by atoms with Gasteiger partial charge in [0.25, 0.3) is 21.6 Å². The van der Waals surface area contributed by atoms with Gasteiger partial charge in [0.05, 0.1) is 46.5 Å². The second-order valence-electron chi connectivity index (χ2n) is 18.8. The molecule has 2 atom stereocenters. The van der Waals surface area contributed by atoms with Crippen molar-refractivity contribution in [1.29, 1.82) is 0 Å². The number of nitro benzene ring substituents is 1. The number of amides is 1. The average Bonchev–Trinajstić information content (AvgIpc) is 3.77. The number of rotatable bonds is 13. The zero-order chi connectivity index (χ0) is 46.2. The first-order chi connectivity index (χ1) is 31.7. The van der Waals surface area contributed by atoms with Crippen LogP contribution in [-0.2, 0) is 21.2 Å². The van der Waals surface area contributed by atoms with Crippen molar-refractivity contribution < 1.29 is 32.3 Å². The van der Waals surface area contributed by atoms with Crippen LogP contribution in [-0.4, -0.2) is 111 Å². The van der Waals surface area contributed by atoms with E-state index in [9.17, 15) is 23.3 Å². The maximum Gasteiger partial charge on any atom is 0.277 e. The zero-order valence-electron chi connectivity index (χ0n) is 37.6. The number of nitrogens with zero attached hydrogens (tertiary/aromatic N) is 5. The Morgan fingerprint density at radius 2 is 1.85 bits per heavy atom. The van der Waals surface area contributed by atoms with Crippen LogP contribution >= 0.6 is 11.6 Å². The second kappa shape index (κ2) is 19.0. The summed E-state index contributed by atoms with van der Waals surface area (Å²) in [4.78, 5) is 40.0. The van der Waals surface area contributed by atoms with E-state index in [1.54, 1.807) is 30.5 Å². The number of benzene rings is 3. The smallest absolute Gasteiger partial charge is 0.277 e. The van der Waals surface area contributed by atoms with E-state index in [1.807, 2.05) is 25.1 Å². The van der Waals surface area contributed by atoms with Crippen molar-refractivity contribution >= 4 is 55.5 Å². The highest BCUT2D eigenvalue weighted by molar-refractivity contribution is 7.90. The molecule has 2 aromatic heterocycles. The predicted octanol–water partition coefficient (Wildman–Crippen LogP) is 8.48. The molecular weight excluding hydrogens is 882 g/mol. The molecule has 1 amide bonds. The van der Waals surface area contributed by atoms with Gasteiger partial charge in [-0.1, -0.05) is 43.2 Å². The molecule has 348 valence electrons. The van der Waals surface area contributed by atoms with Crippen molar-refractivity contribution in [2.24, 2.45) is 11.3 Å². The first kappa shape index (κ1) is 45.6. The first-order valence-electron chi connectivity index (χ1n) is 22.7. The third-order valence-electron chi connectivity index (χ3n) is 13.4. The molecule has 9 rings (SSSR count). The number of anilines is 1. The number of hydrogen-bond acceptors (Lipinski definition) is 12. The van der Waals surface area contributed by atoms with E-state index in [0.717, 1.165) is 100 Å². The summed E-state index contributed by atoms with van der Waals surface area (Å²) in [6.07, 6.45) is 7.75. The molecule has 2 saturated heterocycles. The third-order valence-corrected chi connectivity index (χ3v) is 14.9. The third kappa shape index (κ3) is 10.4. The molecule has 4 aliphatic rings. The van der Waals surface area contributed by atoms with Crippen molar-refractivity contribution in [3.05, 3.63) is 117 Å². The van der Waals surface area contributed by atoms with Gasteiger partial charge in [0.15, 0.2) is 0 Å². The Bertz CT molecular complexity index is 2770. The summed E-state index contributed by atoms with van der Waals surface area (Å²) in [5.41, 5.74) is 5.72. The van der Waals surface area contributed by atoms with Crippen LogP contribution in [0.5, 0.6) is 17.2 Å². The summed E-state index contributed by atoms with van der Waals surface area (Å²) in [5, 5.41) is 13.9. The molecule has 66 heavy (non-hydrogen) atoms. The first-order valence-corrected chi connectivity index (χ1v) is 24.6. The maximum atomic E-state index is 14.1. The molecule has 2 fully saturated rings. The predicted molar refractivity (Wildman–Crippen MR) is 254 cm³/mol. The number of pyridine rings is 1. The number of nitrogens with one attached hydrogen (secondary N) is 2. The fourth-order valence-corrected chi connectivity index (χ4v) is 10.8. The van der Waals surface area contributed by atoms with Gasteiger partial charge in [0.2, 0.25) is 0 Å². The number of allylic oxidation sites excluding steroid dienone is 1. The van der Waals surface area contributed by atoms with Crippen LogP contribution in [0.25, 0.3) is 16.6 Å². The SMILES string of the molecule is C[C@H]1CN(CC[C@@H]2COc3cc(S(=O)(=O)NC(=O)c4ccc(N5CCN(CC6=C(c7ccc(Cl)cc7)CC(C)(C)CC6)CC5)cc4Oc4cnc5[nH]ccc5c4)cc([N+](=O)[O-])c3C2)CCO1. The van der Waals surface area contributed by atoms with E-state index >= 15 is 0 Å². The summed E-state index contributed by atoms with van der Waals surface area (Å²) in [5.74, 6) is -0.357. The monoisotopic (exact) mass is 937 g/mol. The Morgan fingerprint density at radius 3 is 2.62 bits per heavy atom. The molecule has 0 unspecified atom stereocenters. The molecule has 15 nitrogen and oxygen atoms in total. The standard InChI is InChI=1S/C49H56ClN7O8S/c1-32-29-54(20-21-63-32)15-12-33-22-42-44(57(59)60)25-40(26-45(42)64-31-33)66(61,62)53-48(58)41-9-8-38(24-46(41)65-39-23-35-11-14-51-47(35)52-28-39)56-18-16-55(17-19-56)30-36-10-13-49(2,3)27-43(36)34-4-6-37(50)7-5-34/h4-9,11,14,23-26,28,32-33H,10,12-13,15-22,27,29-31H2,1-3H3,(H,51,52)(H,53,58)/t32-,33-/m0/s1. The van der Waals surface area contributed by atoms with Gasteiger partial charge in [-0.3, -0.25) is 24.7 Å². The largest absolute Gasteiger partial charge is 0.493 e. The summed E-state index contributed by atoms with van der Waals surface area (Å²) in [6.45, 7) is 14.0. The summed E-state index contributed by atoms with van der Waals surface area (Å²) >= 11 is 6.25. The number of piperazine rings is 1. The molecule has 0 bridgehead atoms. The highest BCUT2D eigenvalue weighted by atomic mass is 35.5. The Balaban J connectivity index is 0.924. The lowest BCUT2D eigenvalue weighted by atomic mass is 9.72. The molecule has 5 aromatic rings.